The third-order valence-electron chi connectivity index (χ3n) is 3.63. The molecule has 104 valence electrons. The van der Waals surface area contributed by atoms with Crippen molar-refractivity contribution in [3.8, 4) is 0 Å². The largest absolute Gasteiger partial charge is 0.481 e. The Balaban J connectivity index is 1.90. The third-order valence-corrected chi connectivity index (χ3v) is 4.58. The zero-order valence-electron chi connectivity index (χ0n) is 11.2. The molecule has 5 heteroatoms. The van der Waals surface area contributed by atoms with Gasteiger partial charge >= 0.3 is 5.97 Å². The van der Waals surface area contributed by atoms with E-state index in [4.69, 9.17) is 0 Å². The van der Waals surface area contributed by atoms with Crippen molar-refractivity contribution >= 4 is 23.0 Å². The second kappa shape index (κ2) is 5.25. The van der Waals surface area contributed by atoms with Crippen LogP contribution in [-0.2, 0) is 11.3 Å². The van der Waals surface area contributed by atoms with Crippen LogP contribution in [0, 0.1) is 6.92 Å². The van der Waals surface area contributed by atoms with Crippen molar-refractivity contribution in [1.29, 1.82) is 0 Å². The molecule has 0 fully saturated rings. The molecule has 1 aliphatic heterocycles. The molecular weight excluding hydrogens is 272 g/mol. The fourth-order valence-electron chi connectivity index (χ4n) is 2.69. The number of thiazole rings is 1. The van der Waals surface area contributed by atoms with Crippen LogP contribution in [0.2, 0.25) is 0 Å². The Labute approximate surface area is 121 Å². The number of aromatic nitrogens is 1. The summed E-state index contributed by atoms with van der Waals surface area (Å²) in [5.41, 5.74) is 2.98. The predicted molar refractivity (Wildman–Crippen MR) is 79.3 cm³/mol. The van der Waals surface area contributed by atoms with Crippen molar-refractivity contribution in [2.24, 2.45) is 0 Å². The second-order valence-electron chi connectivity index (χ2n) is 5.04. The first kappa shape index (κ1) is 13.1. The van der Waals surface area contributed by atoms with Gasteiger partial charge in [-0.15, -0.1) is 11.3 Å². The van der Waals surface area contributed by atoms with Crippen LogP contribution in [0.15, 0.2) is 29.6 Å². The average molecular weight is 288 g/mol. The van der Waals surface area contributed by atoms with Crippen LogP contribution in [-0.4, -0.2) is 22.6 Å². The Morgan fingerprint density at radius 1 is 1.50 bits per heavy atom. The van der Waals surface area contributed by atoms with Gasteiger partial charge in [0.05, 0.1) is 12.5 Å². The Bertz CT molecular complexity index is 638. The van der Waals surface area contributed by atoms with E-state index in [1.807, 2.05) is 36.6 Å². The number of carboxylic acid groups (broad SMARTS) is 1. The van der Waals surface area contributed by atoms with Crippen molar-refractivity contribution in [2.45, 2.75) is 25.8 Å². The van der Waals surface area contributed by atoms with Gasteiger partial charge in [-0.2, -0.15) is 0 Å². The maximum atomic E-state index is 11.4. The lowest BCUT2D eigenvalue weighted by Crippen LogP contribution is -2.33. The predicted octanol–water partition coefficient (Wildman–Crippen LogP) is 3.03. The smallest absolute Gasteiger partial charge is 0.311 e. The zero-order chi connectivity index (χ0) is 14.1. The van der Waals surface area contributed by atoms with Gasteiger partial charge in [-0.05, 0) is 25.0 Å². The molecule has 1 N–H and O–H groups in total. The average Bonchev–Trinajstić information content (AvgIpc) is 2.84. The topological polar surface area (TPSA) is 53.4 Å². The van der Waals surface area contributed by atoms with Crippen LogP contribution in [0.3, 0.4) is 0 Å². The Morgan fingerprint density at radius 2 is 2.30 bits per heavy atom. The van der Waals surface area contributed by atoms with Crippen LogP contribution in [0.4, 0.5) is 5.69 Å². The number of hydrogen-bond donors (Lipinski definition) is 1. The molecule has 1 aromatic heterocycles. The Kier molecular flexibility index (Phi) is 3.44. The highest BCUT2D eigenvalue weighted by atomic mass is 32.1. The summed E-state index contributed by atoms with van der Waals surface area (Å²) in [7, 11) is 0. The van der Waals surface area contributed by atoms with Gasteiger partial charge in [0.25, 0.3) is 0 Å². The molecule has 0 aliphatic carbocycles. The first-order chi connectivity index (χ1) is 9.65. The lowest BCUT2D eigenvalue weighted by Gasteiger charge is -2.33. The molecule has 1 aromatic carbocycles. The molecular formula is C15H16N2O2S. The van der Waals surface area contributed by atoms with Gasteiger partial charge in [-0.3, -0.25) is 4.79 Å². The molecule has 1 aliphatic rings. The highest BCUT2D eigenvalue weighted by Gasteiger charge is 2.29. The van der Waals surface area contributed by atoms with E-state index in [9.17, 15) is 9.90 Å². The molecule has 2 aromatic rings. The molecule has 1 unspecified atom stereocenters. The molecule has 0 amide bonds. The van der Waals surface area contributed by atoms with Gasteiger partial charge in [0.15, 0.2) is 0 Å². The quantitative estimate of drug-likeness (QED) is 0.943. The van der Waals surface area contributed by atoms with Crippen LogP contribution >= 0.6 is 11.3 Å². The van der Waals surface area contributed by atoms with Crippen LogP contribution in [0.25, 0.3) is 0 Å². The van der Waals surface area contributed by atoms with E-state index in [-0.39, 0.29) is 5.92 Å². The minimum atomic E-state index is -0.734. The number of aliphatic carboxylic acids is 1. The van der Waals surface area contributed by atoms with E-state index < -0.39 is 5.97 Å². The van der Waals surface area contributed by atoms with Crippen LogP contribution in [0.5, 0.6) is 0 Å². The van der Waals surface area contributed by atoms with E-state index in [1.165, 1.54) is 0 Å². The molecule has 4 nitrogen and oxygen atoms in total. The van der Waals surface area contributed by atoms with Gasteiger partial charge in [-0.1, -0.05) is 18.2 Å². The number of nitrogens with zero attached hydrogens (tertiary/aromatic N) is 2. The summed E-state index contributed by atoms with van der Waals surface area (Å²) < 4.78 is 0. The number of carboxylic acids is 1. The molecule has 0 saturated carbocycles. The normalized spacial score (nSPS) is 17.9. The van der Waals surface area contributed by atoms with Crippen molar-refractivity contribution in [1.82, 2.24) is 4.98 Å². The molecule has 1 atom stereocenters. The zero-order valence-corrected chi connectivity index (χ0v) is 12.1. The Hall–Kier alpha value is -1.88. The van der Waals surface area contributed by atoms with Crippen LogP contribution < -0.4 is 4.90 Å². The fourth-order valence-corrected chi connectivity index (χ4v) is 3.48. The third kappa shape index (κ3) is 2.41. The highest BCUT2D eigenvalue weighted by molar-refractivity contribution is 7.09. The number of benzene rings is 1. The standard InChI is InChI=1S/C15H16N2O2S/c1-10-9-20-14(16-10)8-17-7-6-12(15(18)19)11-4-2-3-5-13(11)17/h2-5,9,12H,6-8H2,1H3,(H,18,19). The SMILES string of the molecule is Cc1csc(CN2CCC(C(=O)O)c3ccccc32)n1. The van der Waals surface area contributed by atoms with Gasteiger partial charge in [0.1, 0.15) is 5.01 Å². The number of carbonyl (C=O) groups is 1. The van der Waals surface area contributed by atoms with Gasteiger partial charge in [0.2, 0.25) is 0 Å². The minimum Gasteiger partial charge on any atom is -0.481 e. The monoisotopic (exact) mass is 288 g/mol. The summed E-state index contributed by atoms with van der Waals surface area (Å²) in [6.07, 6.45) is 0.650. The van der Waals surface area contributed by atoms with E-state index >= 15 is 0 Å². The first-order valence-corrected chi connectivity index (χ1v) is 7.51. The number of rotatable bonds is 3. The van der Waals surface area contributed by atoms with E-state index in [0.717, 1.165) is 35.0 Å². The summed E-state index contributed by atoms with van der Waals surface area (Å²) in [6.45, 7) is 3.50. The molecule has 0 spiro atoms. The number of fused-ring (bicyclic) bond motifs is 1. The van der Waals surface area contributed by atoms with Crippen molar-refractivity contribution < 1.29 is 9.90 Å². The lowest BCUT2D eigenvalue weighted by atomic mass is 9.90. The number of para-hydroxylation sites is 1. The molecule has 0 saturated heterocycles. The van der Waals surface area contributed by atoms with Crippen molar-refractivity contribution in [3.05, 3.63) is 45.9 Å². The van der Waals surface area contributed by atoms with Crippen molar-refractivity contribution in [3.63, 3.8) is 0 Å². The number of aryl methyl sites for hydroxylation is 1. The molecule has 2 heterocycles. The molecule has 0 bridgehead atoms. The van der Waals surface area contributed by atoms with Crippen molar-refractivity contribution in [2.75, 3.05) is 11.4 Å². The summed E-state index contributed by atoms with van der Waals surface area (Å²) in [5, 5.41) is 12.5. The summed E-state index contributed by atoms with van der Waals surface area (Å²) in [4.78, 5) is 18.1. The molecule has 3 rings (SSSR count). The summed E-state index contributed by atoms with van der Waals surface area (Å²) in [5.74, 6) is -1.12. The highest BCUT2D eigenvalue weighted by Crippen LogP contribution is 2.36. The number of hydrogen-bond acceptors (Lipinski definition) is 4. The fraction of sp³-hybridized carbons (Fsp3) is 0.333. The van der Waals surface area contributed by atoms with Gasteiger partial charge < -0.3 is 10.0 Å². The molecule has 0 radical (unpaired) electrons. The number of anilines is 1. The van der Waals surface area contributed by atoms with E-state index in [2.05, 4.69) is 9.88 Å². The maximum Gasteiger partial charge on any atom is 0.311 e. The van der Waals surface area contributed by atoms with Crippen LogP contribution in [0.1, 0.15) is 28.6 Å². The van der Waals surface area contributed by atoms with Gasteiger partial charge in [-0.25, -0.2) is 4.98 Å². The first-order valence-electron chi connectivity index (χ1n) is 6.63. The second-order valence-corrected chi connectivity index (χ2v) is 5.99. The van der Waals surface area contributed by atoms with E-state index in [0.29, 0.717) is 6.42 Å². The lowest BCUT2D eigenvalue weighted by molar-refractivity contribution is -0.139. The van der Waals surface area contributed by atoms with Gasteiger partial charge in [0, 0.05) is 23.3 Å². The summed E-state index contributed by atoms with van der Waals surface area (Å²) in [6, 6.07) is 7.80. The van der Waals surface area contributed by atoms with E-state index in [1.54, 1.807) is 11.3 Å². The molecule has 20 heavy (non-hydrogen) atoms. The minimum absolute atomic E-state index is 0.388. The summed E-state index contributed by atoms with van der Waals surface area (Å²) >= 11 is 1.66. The maximum absolute atomic E-state index is 11.4. The Morgan fingerprint density at radius 3 is 3.00 bits per heavy atom.